The van der Waals surface area contributed by atoms with E-state index in [2.05, 4.69) is 9.88 Å². The van der Waals surface area contributed by atoms with Gasteiger partial charge in [-0.15, -0.1) is 0 Å². The van der Waals surface area contributed by atoms with Gasteiger partial charge in [-0.2, -0.15) is 0 Å². The van der Waals surface area contributed by atoms with E-state index in [1.165, 1.54) is 0 Å². The maximum Gasteiger partial charge on any atom is 0.193 e. The number of nitrogens with two attached hydrogens (primary N) is 1. The smallest absolute Gasteiger partial charge is 0.193 e. The third kappa shape index (κ3) is 0.854. The Morgan fingerprint density at radius 1 is 1.46 bits per heavy atom. The molecule has 68 valence electrons. The molecule has 0 aliphatic carbocycles. The first-order valence-electron chi connectivity index (χ1n) is 4.47. The van der Waals surface area contributed by atoms with Gasteiger partial charge in [0.1, 0.15) is 5.82 Å². The van der Waals surface area contributed by atoms with E-state index in [9.17, 15) is 0 Å². The second-order valence-electron chi connectivity index (χ2n) is 3.36. The highest BCUT2D eigenvalue weighted by molar-refractivity contribution is 5.83. The molecule has 0 aromatic carbocycles. The summed E-state index contributed by atoms with van der Waals surface area (Å²) in [5, 5.41) is 3.32. The zero-order chi connectivity index (χ0) is 8.84. The molecule has 2 aromatic rings. The number of anilines is 2. The van der Waals surface area contributed by atoms with Gasteiger partial charge in [0.2, 0.25) is 0 Å². The highest BCUT2D eigenvalue weighted by Gasteiger charge is 2.14. The average Bonchev–Trinajstić information content (AvgIpc) is 2.60. The molecule has 0 radical (unpaired) electrons. The molecule has 0 bridgehead atoms. The molecule has 0 spiro atoms. The normalized spacial score (nSPS) is 15.7. The third-order valence-electron chi connectivity index (χ3n) is 2.47. The Hall–Kier alpha value is -1.58. The number of nitrogens with zero attached hydrogens (tertiary/aromatic N) is 1. The fraction of sp³-hybridized carbons (Fsp3) is 0.333. The summed E-state index contributed by atoms with van der Waals surface area (Å²) >= 11 is 0. The van der Waals surface area contributed by atoms with Crippen LogP contribution in [0.1, 0.15) is 6.42 Å². The first-order chi connectivity index (χ1) is 6.34. The highest BCUT2D eigenvalue weighted by Crippen LogP contribution is 2.29. The highest BCUT2D eigenvalue weighted by atomic mass is 16.3. The quantitative estimate of drug-likeness (QED) is 0.643. The number of fused-ring (bicyclic) bond motifs is 3. The molecule has 2 aromatic heterocycles. The summed E-state index contributed by atoms with van der Waals surface area (Å²) in [6, 6.07) is 3.89. The van der Waals surface area contributed by atoms with E-state index >= 15 is 0 Å². The van der Waals surface area contributed by atoms with Gasteiger partial charge in [0.05, 0.1) is 5.52 Å². The Morgan fingerprint density at radius 2 is 2.38 bits per heavy atom. The van der Waals surface area contributed by atoms with Gasteiger partial charge in [0, 0.05) is 25.2 Å². The van der Waals surface area contributed by atoms with Crippen molar-refractivity contribution in [3.63, 3.8) is 0 Å². The van der Waals surface area contributed by atoms with E-state index in [1.54, 1.807) is 0 Å². The molecule has 4 heteroatoms. The molecule has 3 rings (SSSR count). The number of aromatic nitrogens is 1. The molecule has 0 fully saturated rings. The number of aryl methyl sites for hydroxylation is 1. The van der Waals surface area contributed by atoms with Gasteiger partial charge in [-0.25, -0.2) is 0 Å². The summed E-state index contributed by atoms with van der Waals surface area (Å²) in [5.41, 5.74) is 7.54. The van der Waals surface area contributed by atoms with Gasteiger partial charge in [0.15, 0.2) is 11.5 Å². The summed E-state index contributed by atoms with van der Waals surface area (Å²) in [6.07, 6.45) is 1.15. The number of nitrogen functional groups attached to an aromatic ring is 1. The second-order valence-corrected chi connectivity index (χ2v) is 3.36. The molecule has 0 amide bonds. The van der Waals surface area contributed by atoms with Gasteiger partial charge in [-0.05, 0) is 6.42 Å². The number of hydrogen-bond acceptors (Lipinski definition) is 3. The number of rotatable bonds is 0. The largest absolute Gasteiger partial charge is 0.439 e. The van der Waals surface area contributed by atoms with Crippen LogP contribution in [0.3, 0.4) is 0 Å². The van der Waals surface area contributed by atoms with Gasteiger partial charge >= 0.3 is 0 Å². The van der Waals surface area contributed by atoms with Crippen molar-refractivity contribution in [2.24, 2.45) is 0 Å². The molecule has 0 saturated heterocycles. The van der Waals surface area contributed by atoms with Gasteiger partial charge < -0.3 is 20.0 Å². The molecule has 0 atom stereocenters. The maximum atomic E-state index is 5.57. The minimum Gasteiger partial charge on any atom is -0.439 e. The molecule has 3 heterocycles. The fourth-order valence-electron chi connectivity index (χ4n) is 1.90. The minimum atomic E-state index is 0.492. The van der Waals surface area contributed by atoms with Crippen molar-refractivity contribution in [2.45, 2.75) is 13.0 Å². The lowest BCUT2D eigenvalue weighted by molar-refractivity contribution is 0.637. The zero-order valence-corrected chi connectivity index (χ0v) is 7.21. The lowest BCUT2D eigenvalue weighted by atomic mass is 10.3. The van der Waals surface area contributed by atoms with Crippen molar-refractivity contribution in [1.82, 2.24) is 4.57 Å². The summed E-state index contributed by atoms with van der Waals surface area (Å²) < 4.78 is 7.54. The molecule has 3 N–H and O–H groups in total. The van der Waals surface area contributed by atoms with Crippen LogP contribution < -0.4 is 11.1 Å². The molecule has 13 heavy (non-hydrogen) atoms. The molecule has 1 aliphatic rings. The van der Waals surface area contributed by atoms with Gasteiger partial charge in [-0.1, -0.05) is 0 Å². The molecule has 1 aliphatic heterocycles. The van der Waals surface area contributed by atoms with Crippen LogP contribution in [0.25, 0.3) is 11.1 Å². The van der Waals surface area contributed by atoms with Crippen LogP contribution >= 0.6 is 0 Å². The van der Waals surface area contributed by atoms with Crippen molar-refractivity contribution < 1.29 is 4.42 Å². The standard InChI is InChI=1S/C9H11N3O/c10-8-4-6-7(13-8)5-9-11-2-1-3-12(6)9/h4-5,11H,1-3,10H2. The van der Waals surface area contributed by atoms with E-state index < -0.39 is 0 Å². The van der Waals surface area contributed by atoms with Crippen LogP contribution in [0.5, 0.6) is 0 Å². The number of furan rings is 1. The molecule has 4 nitrogen and oxygen atoms in total. The number of nitrogens with one attached hydrogen (secondary N) is 1. The Bertz CT molecular complexity index is 455. The van der Waals surface area contributed by atoms with Crippen LogP contribution in [-0.2, 0) is 6.54 Å². The lowest BCUT2D eigenvalue weighted by Crippen LogP contribution is -2.16. The van der Waals surface area contributed by atoms with E-state index in [4.69, 9.17) is 10.2 Å². The Kier molecular flexibility index (Phi) is 1.17. The van der Waals surface area contributed by atoms with Crippen molar-refractivity contribution in [1.29, 1.82) is 0 Å². The van der Waals surface area contributed by atoms with E-state index in [0.29, 0.717) is 5.88 Å². The van der Waals surface area contributed by atoms with Crippen molar-refractivity contribution >= 4 is 22.8 Å². The van der Waals surface area contributed by atoms with Crippen LogP contribution in [-0.4, -0.2) is 11.1 Å². The predicted molar refractivity (Wildman–Crippen MR) is 51.7 cm³/mol. The second kappa shape index (κ2) is 2.22. The fourth-order valence-corrected chi connectivity index (χ4v) is 1.90. The zero-order valence-electron chi connectivity index (χ0n) is 7.21. The SMILES string of the molecule is Nc1cc2c(cc3n2CCCN3)o1. The van der Waals surface area contributed by atoms with Crippen LogP contribution in [0.4, 0.5) is 11.7 Å². The van der Waals surface area contributed by atoms with Crippen LogP contribution in [0.2, 0.25) is 0 Å². The molecular formula is C9H11N3O. The molecule has 0 unspecified atom stereocenters. The summed E-state index contributed by atoms with van der Waals surface area (Å²) in [5.74, 6) is 1.63. The van der Waals surface area contributed by atoms with E-state index in [0.717, 1.165) is 36.4 Å². The first-order valence-corrected chi connectivity index (χ1v) is 4.47. The molecule has 0 saturated carbocycles. The van der Waals surface area contributed by atoms with Crippen molar-refractivity contribution in [2.75, 3.05) is 17.6 Å². The Labute approximate surface area is 75.3 Å². The topological polar surface area (TPSA) is 56.1 Å². The maximum absolute atomic E-state index is 5.57. The average molecular weight is 177 g/mol. The summed E-state index contributed by atoms with van der Waals surface area (Å²) in [6.45, 7) is 2.09. The van der Waals surface area contributed by atoms with E-state index in [1.807, 2.05) is 12.1 Å². The van der Waals surface area contributed by atoms with Crippen LogP contribution in [0.15, 0.2) is 16.5 Å². The van der Waals surface area contributed by atoms with Crippen LogP contribution in [0, 0.1) is 0 Å². The summed E-state index contributed by atoms with van der Waals surface area (Å²) in [4.78, 5) is 0. The predicted octanol–water partition coefficient (Wildman–Crippen LogP) is 1.63. The first kappa shape index (κ1) is 6.88. The Balaban J connectivity index is 2.30. The lowest BCUT2D eigenvalue weighted by Gasteiger charge is -2.16. The third-order valence-corrected chi connectivity index (χ3v) is 2.47. The Morgan fingerprint density at radius 3 is 3.31 bits per heavy atom. The number of hydrogen-bond donors (Lipinski definition) is 2. The van der Waals surface area contributed by atoms with Gasteiger partial charge in [-0.3, -0.25) is 0 Å². The van der Waals surface area contributed by atoms with Crippen molar-refractivity contribution in [3.8, 4) is 0 Å². The van der Waals surface area contributed by atoms with Crippen molar-refractivity contribution in [3.05, 3.63) is 12.1 Å². The summed E-state index contributed by atoms with van der Waals surface area (Å²) in [7, 11) is 0. The molecular weight excluding hydrogens is 166 g/mol. The minimum absolute atomic E-state index is 0.492. The monoisotopic (exact) mass is 177 g/mol. The van der Waals surface area contributed by atoms with E-state index in [-0.39, 0.29) is 0 Å². The van der Waals surface area contributed by atoms with Gasteiger partial charge in [0.25, 0.3) is 0 Å².